The number of anilines is 1. The van der Waals surface area contributed by atoms with E-state index in [4.69, 9.17) is 4.74 Å². The van der Waals surface area contributed by atoms with Crippen molar-refractivity contribution in [3.05, 3.63) is 59.7 Å². The van der Waals surface area contributed by atoms with Crippen LogP contribution in [0.5, 0.6) is 5.75 Å². The fraction of sp³-hybridized carbons (Fsp3) is 0.458. The summed E-state index contributed by atoms with van der Waals surface area (Å²) in [6, 6.07) is 16.0. The standard InChI is InChI=1S/C24H31N3O3/c1-18-7-8-23-19(15-18)9-14-27(23)24(29)25-20-10-12-26(13-11-20)16-21(28)17-30-22-5-3-2-4-6-22/h2-8,15,20-21,28H,9-14,16-17H2,1H3,(H,25,29). The number of hydrogen-bond donors (Lipinski definition) is 2. The number of nitrogens with zero attached hydrogens (tertiary/aromatic N) is 2. The lowest BCUT2D eigenvalue weighted by Gasteiger charge is -2.34. The van der Waals surface area contributed by atoms with Crippen LogP contribution in [0.15, 0.2) is 48.5 Å². The highest BCUT2D eigenvalue weighted by Crippen LogP contribution is 2.29. The van der Waals surface area contributed by atoms with Gasteiger partial charge in [-0.15, -0.1) is 0 Å². The molecule has 4 rings (SSSR count). The van der Waals surface area contributed by atoms with Gasteiger partial charge >= 0.3 is 6.03 Å². The summed E-state index contributed by atoms with van der Waals surface area (Å²) in [5.41, 5.74) is 3.53. The molecule has 0 bridgehead atoms. The van der Waals surface area contributed by atoms with Crippen LogP contribution in [0.1, 0.15) is 24.0 Å². The van der Waals surface area contributed by atoms with E-state index in [1.165, 1.54) is 11.1 Å². The maximum Gasteiger partial charge on any atom is 0.322 e. The summed E-state index contributed by atoms with van der Waals surface area (Å²) in [4.78, 5) is 16.9. The van der Waals surface area contributed by atoms with Gasteiger partial charge in [0.15, 0.2) is 0 Å². The third kappa shape index (κ3) is 5.12. The number of aliphatic hydroxyl groups excluding tert-OH is 1. The predicted molar refractivity (Wildman–Crippen MR) is 118 cm³/mol. The predicted octanol–water partition coefficient (Wildman–Crippen LogP) is 2.97. The van der Waals surface area contributed by atoms with E-state index in [0.29, 0.717) is 6.54 Å². The molecule has 6 heteroatoms. The topological polar surface area (TPSA) is 65.0 Å². The Morgan fingerprint density at radius 2 is 1.93 bits per heavy atom. The number of fused-ring (bicyclic) bond motifs is 1. The molecule has 1 atom stereocenters. The Morgan fingerprint density at radius 3 is 2.70 bits per heavy atom. The molecule has 2 amide bonds. The Morgan fingerprint density at radius 1 is 1.17 bits per heavy atom. The number of carbonyl (C=O) groups is 1. The summed E-state index contributed by atoms with van der Waals surface area (Å²) in [6.07, 6.45) is 2.19. The minimum absolute atomic E-state index is 0.00680. The number of amides is 2. The summed E-state index contributed by atoms with van der Waals surface area (Å²) in [5, 5.41) is 13.5. The largest absolute Gasteiger partial charge is 0.491 e. The van der Waals surface area contributed by atoms with Gasteiger partial charge in [0.2, 0.25) is 0 Å². The average molecular weight is 410 g/mol. The molecule has 0 radical (unpaired) electrons. The highest BCUT2D eigenvalue weighted by atomic mass is 16.5. The van der Waals surface area contributed by atoms with E-state index >= 15 is 0 Å². The normalized spacial score (nSPS) is 18.1. The minimum Gasteiger partial charge on any atom is -0.491 e. The van der Waals surface area contributed by atoms with Crippen LogP contribution in [0.2, 0.25) is 0 Å². The van der Waals surface area contributed by atoms with E-state index in [2.05, 4.69) is 35.3 Å². The number of benzene rings is 2. The number of aryl methyl sites for hydroxylation is 1. The molecule has 0 saturated carbocycles. The second-order valence-electron chi connectivity index (χ2n) is 8.34. The Hall–Kier alpha value is -2.57. The number of urea groups is 1. The number of piperidine rings is 1. The van der Waals surface area contributed by atoms with Crippen molar-refractivity contribution in [1.29, 1.82) is 0 Å². The van der Waals surface area contributed by atoms with Crippen LogP contribution in [-0.2, 0) is 6.42 Å². The van der Waals surface area contributed by atoms with Crippen molar-refractivity contribution in [3.63, 3.8) is 0 Å². The van der Waals surface area contributed by atoms with Crippen LogP contribution in [0.3, 0.4) is 0 Å². The number of carbonyl (C=O) groups excluding carboxylic acids is 1. The molecule has 30 heavy (non-hydrogen) atoms. The number of para-hydroxylation sites is 1. The minimum atomic E-state index is -0.527. The highest BCUT2D eigenvalue weighted by molar-refractivity contribution is 5.94. The molecule has 2 N–H and O–H groups in total. The molecule has 0 spiro atoms. The SMILES string of the molecule is Cc1ccc2c(c1)CCN2C(=O)NC1CCN(CC(O)COc2ccccc2)CC1. The van der Waals surface area contributed by atoms with E-state index in [9.17, 15) is 9.90 Å². The van der Waals surface area contributed by atoms with Crippen LogP contribution in [0.25, 0.3) is 0 Å². The van der Waals surface area contributed by atoms with Gasteiger partial charge in [0, 0.05) is 37.9 Å². The number of likely N-dealkylation sites (tertiary alicyclic amines) is 1. The first-order valence-electron chi connectivity index (χ1n) is 10.8. The Balaban J connectivity index is 1.19. The van der Waals surface area contributed by atoms with Gasteiger partial charge in [-0.05, 0) is 49.9 Å². The molecule has 6 nitrogen and oxygen atoms in total. The van der Waals surface area contributed by atoms with Crippen LogP contribution in [-0.4, -0.2) is 61.0 Å². The van der Waals surface area contributed by atoms with Crippen molar-refractivity contribution in [3.8, 4) is 5.75 Å². The molecule has 0 aromatic heterocycles. The second-order valence-corrected chi connectivity index (χ2v) is 8.34. The second kappa shape index (κ2) is 9.49. The first kappa shape index (κ1) is 20.7. The third-order valence-electron chi connectivity index (χ3n) is 5.95. The van der Waals surface area contributed by atoms with Crippen LogP contribution < -0.4 is 15.0 Å². The van der Waals surface area contributed by atoms with E-state index in [1.807, 2.05) is 35.2 Å². The number of aliphatic hydroxyl groups is 1. The molecule has 1 fully saturated rings. The zero-order chi connectivity index (χ0) is 20.9. The molecule has 1 saturated heterocycles. The third-order valence-corrected chi connectivity index (χ3v) is 5.95. The number of hydrogen-bond acceptors (Lipinski definition) is 4. The van der Waals surface area contributed by atoms with E-state index in [0.717, 1.165) is 50.3 Å². The van der Waals surface area contributed by atoms with Crippen molar-refractivity contribution < 1.29 is 14.6 Å². The van der Waals surface area contributed by atoms with E-state index < -0.39 is 6.10 Å². The molecule has 0 aliphatic carbocycles. The van der Waals surface area contributed by atoms with Gasteiger partial charge in [0.05, 0.1) is 0 Å². The van der Waals surface area contributed by atoms with Crippen molar-refractivity contribution in [2.75, 3.05) is 37.7 Å². The zero-order valence-electron chi connectivity index (χ0n) is 17.6. The lowest BCUT2D eigenvalue weighted by molar-refractivity contribution is 0.0584. The van der Waals surface area contributed by atoms with Gasteiger partial charge in [0.1, 0.15) is 18.5 Å². The summed E-state index contributed by atoms with van der Waals surface area (Å²) in [5.74, 6) is 0.775. The van der Waals surface area contributed by atoms with E-state index in [1.54, 1.807) is 0 Å². The zero-order valence-corrected chi connectivity index (χ0v) is 17.6. The number of β-amino-alcohol motifs (C(OH)–C–C–N with tert-alkyl or cyclic N) is 1. The Kier molecular flexibility index (Phi) is 6.55. The van der Waals surface area contributed by atoms with Gasteiger partial charge in [0.25, 0.3) is 0 Å². The molecule has 1 unspecified atom stereocenters. The van der Waals surface area contributed by atoms with Gasteiger partial charge in [-0.1, -0.05) is 35.9 Å². The quantitative estimate of drug-likeness (QED) is 0.770. The number of ether oxygens (including phenoxy) is 1. The molecule has 2 aliphatic heterocycles. The van der Waals surface area contributed by atoms with Crippen molar-refractivity contribution in [2.45, 2.75) is 38.3 Å². The van der Waals surface area contributed by atoms with E-state index in [-0.39, 0.29) is 18.7 Å². The van der Waals surface area contributed by atoms with Gasteiger partial charge in [-0.2, -0.15) is 0 Å². The van der Waals surface area contributed by atoms with Crippen LogP contribution in [0, 0.1) is 6.92 Å². The first-order chi connectivity index (χ1) is 14.6. The summed E-state index contributed by atoms with van der Waals surface area (Å²) >= 11 is 0. The highest BCUT2D eigenvalue weighted by Gasteiger charge is 2.28. The maximum atomic E-state index is 12.8. The number of rotatable bonds is 6. The average Bonchev–Trinajstić information content (AvgIpc) is 3.17. The fourth-order valence-electron chi connectivity index (χ4n) is 4.31. The summed E-state index contributed by atoms with van der Waals surface area (Å²) in [6.45, 7) is 5.44. The number of nitrogens with one attached hydrogen (secondary N) is 1. The molecule has 2 aromatic carbocycles. The maximum absolute atomic E-state index is 12.8. The smallest absolute Gasteiger partial charge is 0.322 e. The molecular weight excluding hydrogens is 378 g/mol. The lowest BCUT2D eigenvalue weighted by atomic mass is 10.0. The van der Waals surface area contributed by atoms with Crippen molar-refractivity contribution >= 4 is 11.7 Å². The van der Waals surface area contributed by atoms with Gasteiger partial charge in [-0.3, -0.25) is 4.90 Å². The van der Waals surface area contributed by atoms with Crippen molar-refractivity contribution in [1.82, 2.24) is 10.2 Å². The lowest BCUT2D eigenvalue weighted by Crippen LogP contribution is -2.50. The fourth-order valence-corrected chi connectivity index (χ4v) is 4.31. The van der Waals surface area contributed by atoms with Crippen molar-refractivity contribution in [2.24, 2.45) is 0 Å². The van der Waals surface area contributed by atoms with Crippen LogP contribution in [0.4, 0.5) is 10.5 Å². The Bertz CT molecular complexity index is 850. The van der Waals surface area contributed by atoms with Crippen LogP contribution >= 0.6 is 0 Å². The molecular formula is C24H31N3O3. The molecule has 2 aliphatic rings. The summed E-state index contributed by atoms with van der Waals surface area (Å²) < 4.78 is 5.64. The monoisotopic (exact) mass is 409 g/mol. The molecule has 2 aromatic rings. The Labute approximate surface area is 178 Å². The van der Waals surface area contributed by atoms with Gasteiger partial charge < -0.3 is 20.1 Å². The summed E-state index contributed by atoms with van der Waals surface area (Å²) in [7, 11) is 0. The molecule has 160 valence electrons. The van der Waals surface area contributed by atoms with Gasteiger partial charge in [-0.25, -0.2) is 4.79 Å². The molecule has 2 heterocycles. The first-order valence-corrected chi connectivity index (χ1v) is 10.8.